The summed E-state index contributed by atoms with van der Waals surface area (Å²) in [6, 6.07) is 13.1. The van der Waals surface area contributed by atoms with Crippen molar-refractivity contribution < 1.29 is 4.79 Å². The van der Waals surface area contributed by atoms with Gasteiger partial charge in [-0.25, -0.2) is 4.98 Å². The number of H-pyrrole nitrogens is 2. The number of piperazine rings is 1. The quantitative estimate of drug-likeness (QED) is 0.492. The van der Waals surface area contributed by atoms with Gasteiger partial charge in [0.05, 0.1) is 16.7 Å². The maximum atomic E-state index is 12.9. The molecule has 146 valence electrons. The third-order valence-corrected chi connectivity index (χ3v) is 5.55. The number of fused-ring (bicyclic) bond motifs is 2. The fourth-order valence-corrected chi connectivity index (χ4v) is 3.95. The van der Waals surface area contributed by atoms with Crippen LogP contribution in [0.15, 0.2) is 47.3 Å². The zero-order chi connectivity index (χ0) is 20.0. The number of para-hydroxylation sites is 2. The Hall–Kier alpha value is -3.45. The third kappa shape index (κ3) is 3.00. The number of carbonyl (C=O) groups is 1. The number of benzene rings is 2. The second-order valence-electron chi connectivity index (χ2n) is 7.36. The minimum absolute atomic E-state index is 0.0391. The molecule has 2 aromatic carbocycles. The van der Waals surface area contributed by atoms with Crippen LogP contribution in [0.5, 0.6) is 0 Å². The minimum Gasteiger partial charge on any atom is -0.353 e. The summed E-state index contributed by atoms with van der Waals surface area (Å²) in [5.41, 5.74) is 4.68. The van der Waals surface area contributed by atoms with E-state index in [1.54, 1.807) is 0 Å². The summed E-state index contributed by atoms with van der Waals surface area (Å²) in [5.74, 6) is 0.0391. The summed E-state index contributed by atoms with van der Waals surface area (Å²) in [6.45, 7) is 5.01. The number of rotatable bonds is 2. The van der Waals surface area contributed by atoms with Gasteiger partial charge >= 0.3 is 0 Å². The van der Waals surface area contributed by atoms with Gasteiger partial charge in [-0.3, -0.25) is 9.59 Å². The molecule has 5 rings (SSSR count). The summed E-state index contributed by atoms with van der Waals surface area (Å²) in [5, 5.41) is 4.19. The van der Waals surface area contributed by atoms with Gasteiger partial charge in [0.25, 0.3) is 11.5 Å². The van der Waals surface area contributed by atoms with Gasteiger partial charge in [0.15, 0.2) is 5.69 Å². The number of hydrogen-bond acceptors (Lipinski definition) is 4. The van der Waals surface area contributed by atoms with Crippen LogP contribution >= 0.6 is 0 Å². The van der Waals surface area contributed by atoms with Crippen molar-refractivity contribution in [3.63, 3.8) is 0 Å². The zero-order valence-corrected chi connectivity index (χ0v) is 16.1. The van der Waals surface area contributed by atoms with Gasteiger partial charge in [-0.05, 0) is 42.8 Å². The molecular formula is C22H21N5O2. The largest absolute Gasteiger partial charge is 0.353 e. The van der Waals surface area contributed by atoms with E-state index in [0.29, 0.717) is 35.6 Å². The van der Waals surface area contributed by atoms with Crippen LogP contribution in [0, 0.1) is 6.92 Å². The summed E-state index contributed by atoms with van der Waals surface area (Å²) >= 11 is 0. The van der Waals surface area contributed by atoms with E-state index in [-0.39, 0.29) is 11.5 Å². The van der Waals surface area contributed by atoms with Crippen molar-refractivity contribution in [2.24, 2.45) is 0 Å². The Bertz CT molecular complexity index is 1300. The van der Waals surface area contributed by atoms with Crippen molar-refractivity contribution >= 4 is 27.8 Å². The van der Waals surface area contributed by atoms with Gasteiger partial charge in [0, 0.05) is 42.6 Å². The van der Waals surface area contributed by atoms with Crippen molar-refractivity contribution in [1.82, 2.24) is 25.2 Å². The number of nitrogens with one attached hydrogen (secondary N) is 3. The number of aromatic nitrogens is 3. The van der Waals surface area contributed by atoms with E-state index in [0.717, 1.165) is 35.1 Å². The molecule has 4 aromatic rings. The van der Waals surface area contributed by atoms with E-state index >= 15 is 0 Å². The molecular weight excluding hydrogens is 366 g/mol. The van der Waals surface area contributed by atoms with E-state index in [9.17, 15) is 9.59 Å². The van der Waals surface area contributed by atoms with Crippen LogP contribution < -0.4 is 10.9 Å². The third-order valence-electron chi connectivity index (χ3n) is 5.55. The van der Waals surface area contributed by atoms with Crippen molar-refractivity contribution in [2.45, 2.75) is 6.92 Å². The van der Waals surface area contributed by atoms with Crippen LogP contribution in [-0.2, 0) is 0 Å². The Kier molecular flexibility index (Phi) is 4.17. The van der Waals surface area contributed by atoms with Gasteiger partial charge in [-0.15, -0.1) is 0 Å². The average molecular weight is 387 g/mol. The van der Waals surface area contributed by atoms with Crippen molar-refractivity contribution in [3.8, 4) is 11.4 Å². The summed E-state index contributed by atoms with van der Waals surface area (Å²) < 4.78 is 0. The predicted octanol–water partition coefficient (Wildman–Crippen LogP) is 2.43. The fourth-order valence-electron chi connectivity index (χ4n) is 3.95. The van der Waals surface area contributed by atoms with Crippen LogP contribution in [0.4, 0.5) is 0 Å². The molecule has 29 heavy (non-hydrogen) atoms. The second-order valence-corrected chi connectivity index (χ2v) is 7.36. The molecule has 1 aliphatic rings. The molecule has 0 atom stereocenters. The average Bonchev–Trinajstić information content (AvgIpc) is 3.09. The normalized spacial score (nSPS) is 14.6. The van der Waals surface area contributed by atoms with Gasteiger partial charge in [0.2, 0.25) is 0 Å². The number of hydrogen-bond donors (Lipinski definition) is 3. The van der Waals surface area contributed by atoms with E-state index in [1.165, 1.54) is 0 Å². The number of aryl methyl sites for hydroxylation is 1. The Morgan fingerprint density at radius 1 is 1.03 bits per heavy atom. The molecule has 0 radical (unpaired) electrons. The SMILES string of the molecule is Cc1c(-c2nc3ccccc3[nH]c2=O)[nH]c2ccc(C(=O)N3CCNCC3)cc12. The van der Waals surface area contributed by atoms with Crippen LogP contribution in [-0.4, -0.2) is 51.9 Å². The first-order valence-electron chi connectivity index (χ1n) is 9.73. The Labute approximate surface area is 166 Å². The highest BCUT2D eigenvalue weighted by atomic mass is 16.2. The molecule has 0 spiro atoms. The van der Waals surface area contributed by atoms with Crippen LogP contribution in [0.1, 0.15) is 15.9 Å². The summed E-state index contributed by atoms with van der Waals surface area (Å²) in [7, 11) is 0. The van der Waals surface area contributed by atoms with Gasteiger partial charge in [-0.2, -0.15) is 0 Å². The Morgan fingerprint density at radius 3 is 2.66 bits per heavy atom. The lowest BCUT2D eigenvalue weighted by atomic mass is 10.1. The molecule has 3 heterocycles. The molecule has 3 N–H and O–H groups in total. The number of carbonyl (C=O) groups excluding carboxylic acids is 1. The molecule has 0 bridgehead atoms. The lowest BCUT2D eigenvalue weighted by molar-refractivity contribution is 0.0736. The minimum atomic E-state index is -0.240. The molecule has 1 aliphatic heterocycles. The molecule has 1 fully saturated rings. The van der Waals surface area contributed by atoms with Gasteiger partial charge < -0.3 is 20.2 Å². The highest BCUT2D eigenvalue weighted by Gasteiger charge is 2.20. The maximum Gasteiger partial charge on any atom is 0.276 e. The van der Waals surface area contributed by atoms with Crippen molar-refractivity contribution in [1.29, 1.82) is 0 Å². The maximum absolute atomic E-state index is 12.9. The Morgan fingerprint density at radius 2 is 1.83 bits per heavy atom. The topological polar surface area (TPSA) is 93.9 Å². The van der Waals surface area contributed by atoms with Crippen molar-refractivity contribution in [2.75, 3.05) is 26.2 Å². The van der Waals surface area contributed by atoms with Crippen LogP contribution in [0.3, 0.4) is 0 Å². The molecule has 1 amide bonds. The summed E-state index contributed by atoms with van der Waals surface area (Å²) in [6.07, 6.45) is 0. The number of nitrogens with zero attached hydrogens (tertiary/aromatic N) is 2. The molecule has 0 unspecified atom stereocenters. The highest BCUT2D eigenvalue weighted by molar-refractivity contribution is 6.00. The highest BCUT2D eigenvalue weighted by Crippen LogP contribution is 2.28. The molecule has 0 aliphatic carbocycles. The van der Waals surface area contributed by atoms with Crippen molar-refractivity contribution in [3.05, 3.63) is 63.9 Å². The first kappa shape index (κ1) is 17.6. The fraction of sp³-hybridized carbons (Fsp3) is 0.227. The molecule has 2 aromatic heterocycles. The summed E-state index contributed by atoms with van der Waals surface area (Å²) in [4.78, 5) is 38.1. The first-order chi connectivity index (χ1) is 14.1. The number of aromatic amines is 2. The lowest BCUT2D eigenvalue weighted by Gasteiger charge is -2.27. The zero-order valence-electron chi connectivity index (χ0n) is 16.1. The second kappa shape index (κ2) is 6.86. The first-order valence-corrected chi connectivity index (χ1v) is 9.73. The Balaban J connectivity index is 1.60. The van der Waals surface area contributed by atoms with Crippen LogP contribution in [0.25, 0.3) is 33.3 Å². The van der Waals surface area contributed by atoms with Crippen LogP contribution in [0.2, 0.25) is 0 Å². The smallest absolute Gasteiger partial charge is 0.276 e. The van der Waals surface area contributed by atoms with E-state index < -0.39 is 0 Å². The molecule has 1 saturated heterocycles. The number of amides is 1. The lowest BCUT2D eigenvalue weighted by Crippen LogP contribution is -2.46. The standard InChI is InChI=1S/C22H21N5O2/c1-13-15-12-14(22(29)27-10-8-23-9-11-27)6-7-16(15)24-19(13)20-21(28)26-18-5-3-2-4-17(18)25-20/h2-7,12,23-24H,8-11H2,1H3,(H,26,28). The molecule has 7 heteroatoms. The molecule has 0 saturated carbocycles. The van der Waals surface area contributed by atoms with E-state index in [1.807, 2.05) is 54.3 Å². The van der Waals surface area contributed by atoms with Gasteiger partial charge in [-0.1, -0.05) is 12.1 Å². The van der Waals surface area contributed by atoms with E-state index in [2.05, 4.69) is 20.3 Å². The molecule has 7 nitrogen and oxygen atoms in total. The van der Waals surface area contributed by atoms with Gasteiger partial charge in [0.1, 0.15) is 0 Å². The van der Waals surface area contributed by atoms with E-state index in [4.69, 9.17) is 0 Å². The monoisotopic (exact) mass is 387 g/mol. The predicted molar refractivity (Wildman–Crippen MR) is 113 cm³/mol.